The Morgan fingerprint density at radius 3 is 2.55 bits per heavy atom. The molecule has 0 saturated carbocycles. The monoisotopic (exact) mass is 263 g/mol. The molecular weight excluding hydrogens is 250 g/mol. The summed E-state index contributed by atoms with van der Waals surface area (Å²) in [7, 11) is 0. The molecule has 0 aliphatic carbocycles. The van der Waals surface area contributed by atoms with Gasteiger partial charge in [0, 0.05) is 6.20 Å². The van der Waals surface area contributed by atoms with Crippen LogP contribution in [-0.4, -0.2) is 11.0 Å². The molecule has 3 aromatic rings. The fraction of sp³-hybridized carbons (Fsp3) is 0.0588. The van der Waals surface area contributed by atoms with Crippen LogP contribution in [0.25, 0.3) is 10.8 Å². The zero-order valence-corrected chi connectivity index (χ0v) is 10.8. The van der Waals surface area contributed by atoms with Crippen molar-refractivity contribution in [3.8, 4) is 0 Å². The van der Waals surface area contributed by atoms with Gasteiger partial charge in [-0.3, -0.25) is 0 Å². The summed E-state index contributed by atoms with van der Waals surface area (Å²) >= 11 is 0. The Labute approximate surface area is 116 Å². The maximum Gasteiger partial charge on any atom is 0.357 e. The third-order valence-electron chi connectivity index (χ3n) is 3.06. The quantitative estimate of drug-likeness (QED) is 0.678. The molecule has 1 aromatic heterocycles. The number of fused-ring (bicyclic) bond motifs is 1. The molecule has 0 radical (unpaired) electrons. The number of benzene rings is 2. The Hall–Kier alpha value is -2.68. The van der Waals surface area contributed by atoms with Gasteiger partial charge in [-0.2, -0.15) is 0 Å². The van der Waals surface area contributed by atoms with Gasteiger partial charge in [-0.15, -0.1) is 0 Å². The number of pyridine rings is 1. The maximum atomic E-state index is 11.8. The Morgan fingerprint density at radius 2 is 1.75 bits per heavy atom. The van der Waals surface area contributed by atoms with Crippen molar-refractivity contribution in [2.45, 2.75) is 6.61 Å². The summed E-state index contributed by atoms with van der Waals surface area (Å²) in [5.74, 6) is -0.404. The van der Waals surface area contributed by atoms with Crippen LogP contribution in [0.2, 0.25) is 0 Å². The predicted octanol–water partition coefficient (Wildman–Crippen LogP) is 3.59. The van der Waals surface area contributed by atoms with Crippen LogP contribution in [0.3, 0.4) is 0 Å². The molecule has 3 rings (SSSR count). The SMILES string of the molecule is O=C(OCc1ccc2ccccc2c1)c1ccccn1. The molecule has 0 aliphatic heterocycles. The average molecular weight is 263 g/mol. The molecule has 0 N–H and O–H groups in total. The lowest BCUT2D eigenvalue weighted by Gasteiger charge is -2.05. The van der Waals surface area contributed by atoms with Crippen molar-refractivity contribution in [3.63, 3.8) is 0 Å². The first kappa shape index (κ1) is 12.4. The minimum absolute atomic E-state index is 0.250. The molecule has 0 aliphatic rings. The number of carbonyl (C=O) groups is 1. The number of carbonyl (C=O) groups excluding carboxylic acids is 1. The highest BCUT2D eigenvalue weighted by Gasteiger charge is 2.07. The molecule has 0 spiro atoms. The van der Waals surface area contributed by atoms with Crippen molar-refractivity contribution >= 4 is 16.7 Å². The molecule has 0 atom stereocenters. The average Bonchev–Trinajstić information content (AvgIpc) is 2.53. The topological polar surface area (TPSA) is 39.2 Å². The summed E-state index contributed by atoms with van der Waals surface area (Å²) in [5, 5.41) is 2.31. The van der Waals surface area contributed by atoms with Crippen LogP contribution in [-0.2, 0) is 11.3 Å². The van der Waals surface area contributed by atoms with Crippen LogP contribution >= 0.6 is 0 Å². The van der Waals surface area contributed by atoms with E-state index in [1.807, 2.05) is 36.4 Å². The highest BCUT2D eigenvalue weighted by molar-refractivity contribution is 5.87. The Balaban J connectivity index is 1.72. The highest BCUT2D eigenvalue weighted by atomic mass is 16.5. The van der Waals surface area contributed by atoms with E-state index in [1.165, 1.54) is 5.39 Å². The van der Waals surface area contributed by atoms with Crippen molar-refractivity contribution < 1.29 is 9.53 Å². The van der Waals surface area contributed by atoms with Crippen LogP contribution in [0.1, 0.15) is 16.1 Å². The summed E-state index contributed by atoms with van der Waals surface area (Å²) in [5.41, 5.74) is 1.29. The van der Waals surface area contributed by atoms with E-state index in [0.717, 1.165) is 10.9 Å². The van der Waals surface area contributed by atoms with E-state index >= 15 is 0 Å². The van der Waals surface area contributed by atoms with Crippen molar-refractivity contribution in [1.29, 1.82) is 0 Å². The van der Waals surface area contributed by atoms with E-state index in [1.54, 1.807) is 24.4 Å². The fourth-order valence-electron chi connectivity index (χ4n) is 2.03. The van der Waals surface area contributed by atoms with Crippen LogP contribution in [0.15, 0.2) is 66.9 Å². The van der Waals surface area contributed by atoms with Gasteiger partial charge in [0.25, 0.3) is 0 Å². The summed E-state index contributed by atoms with van der Waals surface area (Å²) < 4.78 is 5.26. The standard InChI is InChI=1S/C17H13NO2/c19-17(16-7-3-4-10-18-16)20-12-13-8-9-14-5-1-2-6-15(14)11-13/h1-11H,12H2. The first-order valence-electron chi connectivity index (χ1n) is 6.39. The number of hydrogen-bond donors (Lipinski definition) is 0. The molecular formula is C17H13NO2. The van der Waals surface area contributed by atoms with Crippen molar-refractivity contribution in [2.24, 2.45) is 0 Å². The number of nitrogens with zero attached hydrogens (tertiary/aromatic N) is 1. The molecule has 0 saturated heterocycles. The van der Waals surface area contributed by atoms with Crippen LogP contribution in [0, 0.1) is 0 Å². The van der Waals surface area contributed by atoms with E-state index in [2.05, 4.69) is 11.1 Å². The molecule has 0 unspecified atom stereocenters. The van der Waals surface area contributed by atoms with E-state index in [4.69, 9.17) is 4.74 Å². The van der Waals surface area contributed by atoms with Crippen molar-refractivity contribution in [2.75, 3.05) is 0 Å². The Kier molecular flexibility index (Phi) is 3.42. The Morgan fingerprint density at radius 1 is 0.950 bits per heavy atom. The van der Waals surface area contributed by atoms with E-state index in [9.17, 15) is 4.79 Å². The Bertz CT molecular complexity index is 738. The van der Waals surface area contributed by atoms with Gasteiger partial charge in [0.05, 0.1) is 0 Å². The van der Waals surface area contributed by atoms with Gasteiger partial charge in [-0.1, -0.05) is 42.5 Å². The number of ether oxygens (including phenoxy) is 1. The van der Waals surface area contributed by atoms with Crippen molar-refractivity contribution in [1.82, 2.24) is 4.98 Å². The summed E-state index contributed by atoms with van der Waals surface area (Å²) in [4.78, 5) is 15.8. The lowest BCUT2D eigenvalue weighted by molar-refractivity contribution is 0.0466. The number of hydrogen-bond acceptors (Lipinski definition) is 3. The maximum absolute atomic E-state index is 11.8. The zero-order chi connectivity index (χ0) is 13.8. The largest absolute Gasteiger partial charge is 0.456 e. The van der Waals surface area contributed by atoms with Crippen LogP contribution < -0.4 is 0 Å². The summed E-state index contributed by atoms with van der Waals surface area (Å²) in [6.07, 6.45) is 1.58. The van der Waals surface area contributed by atoms with Gasteiger partial charge in [-0.25, -0.2) is 9.78 Å². The molecule has 0 fully saturated rings. The second-order valence-corrected chi connectivity index (χ2v) is 4.47. The lowest BCUT2D eigenvalue weighted by Crippen LogP contribution is -2.06. The number of aromatic nitrogens is 1. The molecule has 1 heterocycles. The van der Waals surface area contributed by atoms with Gasteiger partial charge in [-0.05, 0) is 34.5 Å². The zero-order valence-electron chi connectivity index (χ0n) is 10.8. The van der Waals surface area contributed by atoms with Gasteiger partial charge in [0.2, 0.25) is 0 Å². The molecule has 3 heteroatoms. The first-order valence-corrected chi connectivity index (χ1v) is 6.39. The number of esters is 1. The second kappa shape index (κ2) is 5.53. The van der Waals surface area contributed by atoms with Crippen LogP contribution in [0.4, 0.5) is 0 Å². The van der Waals surface area contributed by atoms with Gasteiger partial charge >= 0.3 is 5.97 Å². The van der Waals surface area contributed by atoms with E-state index < -0.39 is 5.97 Å². The molecule has 0 bridgehead atoms. The molecule has 98 valence electrons. The third-order valence-corrected chi connectivity index (χ3v) is 3.06. The highest BCUT2D eigenvalue weighted by Crippen LogP contribution is 2.16. The van der Waals surface area contributed by atoms with Gasteiger partial charge < -0.3 is 4.74 Å². The second-order valence-electron chi connectivity index (χ2n) is 4.47. The smallest absolute Gasteiger partial charge is 0.357 e. The molecule has 2 aromatic carbocycles. The normalized spacial score (nSPS) is 10.4. The first-order chi connectivity index (χ1) is 9.83. The van der Waals surface area contributed by atoms with Crippen LogP contribution in [0.5, 0.6) is 0 Å². The number of rotatable bonds is 3. The lowest BCUT2D eigenvalue weighted by atomic mass is 10.1. The third kappa shape index (κ3) is 2.67. The minimum atomic E-state index is -0.404. The van der Waals surface area contributed by atoms with Crippen molar-refractivity contribution in [3.05, 3.63) is 78.1 Å². The van der Waals surface area contributed by atoms with E-state index in [-0.39, 0.29) is 6.61 Å². The molecule has 20 heavy (non-hydrogen) atoms. The van der Waals surface area contributed by atoms with E-state index in [0.29, 0.717) is 5.69 Å². The summed E-state index contributed by atoms with van der Waals surface area (Å²) in [6, 6.07) is 19.3. The predicted molar refractivity (Wildman–Crippen MR) is 77.3 cm³/mol. The molecule has 0 amide bonds. The molecule has 3 nitrogen and oxygen atoms in total. The summed E-state index contributed by atoms with van der Waals surface area (Å²) in [6.45, 7) is 0.250. The fourth-order valence-corrected chi connectivity index (χ4v) is 2.03. The van der Waals surface area contributed by atoms with Gasteiger partial charge in [0.1, 0.15) is 12.3 Å². The minimum Gasteiger partial charge on any atom is -0.456 e. The van der Waals surface area contributed by atoms with Gasteiger partial charge in [0.15, 0.2) is 0 Å².